The Morgan fingerprint density at radius 2 is 1.59 bits per heavy atom. The van der Waals surface area contributed by atoms with Crippen molar-refractivity contribution in [2.75, 3.05) is 0 Å². The van der Waals surface area contributed by atoms with Crippen molar-refractivity contribution < 1.29 is 24.3 Å². The number of alkyl carbamates (subject to hydrolysis) is 1. The number of rotatable bonds is 7. The van der Waals surface area contributed by atoms with E-state index in [2.05, 4.69) is 15.8 Å². The van der Waals surface area contributed by atoms with Crippen molar-refractivity contribution in [1.82, 2.24) is 15.2 Å². The summed E-state index contributed by atoms with van der Waals surface area (Å²) in [5.41, 5.74) is 13.4. The Labute approximate surface area is 255 Å². The molecule has 4 aromatic rings. The molecule has 1 heterocycles. The average Bonchev–Trinajstić information content (AvgIpc) is 3.30. The fraction of sp³-hybridized carbons (Fsp3) is 0.333. The molecular formula is C33H38N6O5. The molecule has 0 unspecified atom stereocenters. The maximum absolute atomic E-state index is 14.1. The van der Waals surface area contributed by atoms with E-state index in [1.54, 1.807) is 22.8 Å². The Morgan fingerprint density at radius 1 is 0.932 bits per heavy atom. The van der Waals surface area contributed by atoms with Crippen LogP contribution in [0.5, 0.6) is 0 Å². The van der Waals surface area contributed by atoms with Crippen molar-refractivity contribution in [2.45, 2.75) is 70.7 Å². The van der Waals surface area contributed by atoms with Gasteiger partial charge in [0.2, 0.25) is 0 Å². The number of fused-ring (bicyclic) bond motifs is 2. The van der Waals surface area contributed by atoms with Crippen molar-refractivity contribution in [3.8, 4) is 0 Å². The van der Waals surface area contributed by atoms with Crippen molar-refractivity contribution in [3.63, 3.8) is 0 Å². The van der Waals surface area contributed by atoms with Crippen LogP contribution in [0, 0.1) is 0 Å². The highest BCUT2D eigenvalue weighted by Crippen LogP contribution is 2.31. The lowest BCUT2D eigenvalue weighted by Crippen LogP contribution is -2.45. The zero-order valence-electron chi connectivity index (χ0n) is 25.1. The molecule has 7 N–H and O–H groups in total. The molecule has 1 saturated carbocycles. The summed E-state index contributed by atoms with van der Waals surface area (Å²) in [5.74, 6) is -1.27. The molecule has 5 rings (SSSR count). The van der Waals surface area contributed by atoms with Crippen LogP contribution < -0.4 is 22.1 Å². The monoisotopic (exact) mass is 598 g/mol. The minimum atomic E-state index is -0.737. The lowest BCUT2D eigenvalue weighted by molar-refractivity contribution is 0.0487. The molecule has 1 aromatic heterocycles. The third-order valence-corrected chi connectivity index (χ3v) is 7.92. The second kappa shape index (κ2) is 12.3. The summed E-state index contributed by atoms with van der Waals surface area (Å²) in [6.45, 7) is 5.71. The number of amidine groups is 1. The molecule has 0 saturated heterocycles. The molecule has 0 aliphatic heterocycles. The smallest absolute Gasteiger partial charge is 0.407 e. The number of carbonyl (C=O) groups excluding carboxylic acids is 3. The molecule has 3 aromatic carbocycles. The van der Waals surface area contributed by atoms with Gasteiger partial charge >= 0.3 is 6.09 Å². The van der Waals surface area contributed by atoms with Crippen LogP contribution in [-0.2, 0) is 11.3 Å². The number of primary amides is 1. The maximum Gasteiger partial charge on any atom is 0.407 e. The van der Waals surface area contributed by atoms with E-state index in [9.17, 15) is 19.6 Å². The van der Waals surface area contributed by atoms with Crippen LogP contribution in [0.4, 0.5) is 4.79 Å². The van der Waals surface area contributed by atoms with Gasteiger partial charge < -0.3 is 36.6 Å². The van der Waals surface area contributed by atoms with E-state index in [0.717, 1.165) is 16.3 Å². The Kier molecular flexibility index (Phi) is 8.48. The van der Waals surface area contributed by atoms with E-state index in [4.69, 9.17) is 16.2 Å². The van der Waals surface area contributed by atoms with Gasteiger partial charge in [-0.05, 0) is 68.9 Å². The summed E-state index contributed by atoms with van der Waals surface area (Å²) in [6, 6.07) is 18.6. The largest absolute Gasteiger partial charge is 0.444 e. The van der Waals surface area contributed by atoms with Gasteiger partial charge in [-0.1, -0.05) is 59.8 Å². The van der Waals surface area contributed by atoms with E-state index in [-0.39, 0.29) is 35.7 Å². The number of oxime groups is 1. The summed E-state index contributed by atoms with van der Waals surface area (Å²) >= 11 is 0. The number of nitrogens with one attached hydrogen (secondary N) is 2. The van der Waals surface area contributed by atoms with Crippen molar-refractivity contribution in [2.24, 2.45) is 16.6 Å². The number of benzene rings is 3. The summed E-state index contributed by atoms with van der Waals surface area (Å²) < 4.78 is 7.15. The van der Waals surface area contributed by atoms with Gasteiger partial charge in [0.25, 0.3) is 11.8 Å². The molecule has 1 aliphatic rings. The second-order valence-corrected chi connectivity index (χ2v) is 12.2. The van der Waals surface area contributed by atoms with Gasteiger partial charge in [0.05, 0.1) is 11.1 Å². The lowest BCUT2D eigenvalue weighted by atomic mass is 9.91. The number of amides is 3. The Hall–Kier alpha value is -5.06. The standard InChI is InChI=1S/C33H38N6O5/c1-33(2,3)44-32(42)37-23-14-12-22(13-15-23)36-31(41)28-27(30(35)40)25-16-11-20(29(34)38-43)17-26(25)39(28)18-21-9-6-8-19-7-4-5-10-24(19)21/h4-11,16-17,22-23,43H,12-15,18H2,1-3H3,(H2,34,38)(H2,35,40)(H,36,41)(H,37,42). The lowest BCUT2D eigenvalue weighted by Gasteiger charge is -2.30. The third-order valence-electron chi connectivity index (χ3n) is 7.92. The zero-order valence-corrected chi connectivity index (χ0v) is 25.1. The number of carbonyl (C=O) groups is 3. The number of hydrogen-bond acceptors (Lipinski definition) is 6. The number of nitrogens with zero attached hydrogens (tertiary/aromatic N) is 2. The highest BCUT2D eigenvalue weighted by atomic mass is 16.6. The molecule has 0 atom stereocenters. The molecule has 230 valence electrons. The number of ether oxygens (including phenoxy) is 1. The normalized spacial score (nSPS) is 17.4. The zero-order chi connectivity index (χ0) is 31.6. The Bertz CT molecular complexity index is 1760. The van der Waals surface area contributed by atoms with Crippen molar-refractivity contribution in [3.05, 3.63) is 83.0 Å². The van der Waals surface area contributed by atoms with Crippen LogP contribution in [0.3, 0.4) is 0 Å². The molecule has 0 spiro atoms. The molecule has 0 radical (unpaired) electrons. The Balaban J connectivity index is 1.49. The van der Waals surface area contributed by atoms with Crippen molar-refractivity contribution >= 4 is 45.4 Å². The van der Waals surface area contributed by atoms with Gasteiger partial charge in [0.15, 0.2) is 5.84 Å². The fourth-order valence-corrected chi connectivity index (χ4v) is 5.93. The third kappa shape index (κ3) is 6.46. The molecular weight excluding hydrogens is 560 g/mol. The van der Waals surface area contributed by atoms with Crippen LogP contribution in [0.25, 0.3) is 21.7 Å². The predicted octanol–water partition coefficient (Wildman–Crippen LogP) is 4.60. The molecule has 11 heteroatoms. The quantitative estimate of drug-likeness (QED) is 0.0899. The van der Waals surface area contributed by atoms with Crippen molar-refractivity contribution in [1.29, 1.82) is 0 Å². The molecule has 44 heavy (non-hydrogen) atoms. The van der Waals surface area contributed by atoms with E-state index in [1.807, 2.05) is 63.2 Å². The minimum Gasteiger partial charge on any atom is -0.444 e. The van der Waals surface area contributed by atoms with Gasteiger partial charge in [-0.2, -0.15) is 0 Å². The van der Waals surface area contributed by atoms with Crippen LogP contribution >= 0.6 is 0 Å². The van der Waals surface area contributed by atoms with Crippen LogP contribution in [0.2, 0.25) is 0 Å². The first-order valence-corrected chi connectivity index (χ1v) is 14.7. The van der Waals surface area contributed by atoms with Gasteiger partial charge in [-0.15, -0.1) is 0 Å². The fourth-order valence-electron chi connectivity index (χ4n) is 5.93. The first kappa shape index (κ1) is 30.4. The van der Waals surface area contributed by atoms with E-state index < -0.39 is 23.5 Å². The maximum atomic E-state index is 14.1. The molecule has 1 aliphatic carbocycles. The van der Waals surface area contributed by atoms with Crippen LogP contribution in [0.15, 0.2) is 65.8 Å². The summed E-state index contributed by atoms with van der Waals surface area (Å²) in [5, 5.41) is 21.0. The highest BCUT2D eigenvalue weighted by Gasteiger charge is 2.30. The average molecular weight is 599 g/mol. The predicted molar refractivity (Wildman–Crippen MR) is 169 cm³/mol. The van der Waals surface area contributed by atoms with E-state index in [1.165, 1.54) is 0 Å². The first-order valence-electron chi connectivity index (χ1n) is 14.7. The van der Waals surface area contributed by atoms with Gasteiger partial charge in [0.1, 0.15) is 11.3 Å². The second-order valence-electron chi connectivity index (χ2n) is 12.2. The van der Waals surface area contributed by atoms with Gasteiger partial charge in [-0.25, -0.2) is 4.79 Å². The molecule has 0 bridgehead atoms. The molecule has 3 amide bonds. The van der Waals surface area contributed by atoms with E-state index >= 15 is 0 Å². The number of aromatic nitrogens is 1. The van der Waals surface area contributed by atoms with Crippen LogP contribution in [0.1, 0.15) is 78.4 Å². The minimum absolute atomic E-state index is 0.0611. The first-order chi connectivity index (χ1) is 20.9. The van der Waals surface area contributed by atoms with Crippen LogP contribution in [-0.4, -0.2) is 51.2 Å². The summed E-state index contributed by atoms with van der Waals surface area (Å²) in [4.78, 5) is 39.2. The number of nitrogens with two attached hydrogens (primary N) is 2. The number of hydrogen-bond donors (Lipinski definition) is 5. The molecule has 11 nitrogen and oxygen atoms in total. The SMILES string of the molecule is CC(C)(C)OC(=O)NC1CCC(NC(=O)c2c(C(N)=O)c3ccc(C(N)=NO)cc3n2Cc2cccc3ccccc23)CC1. The van der Waals surface area contributed by atoms with E-state index in [0.29, 0.717) is 42.1 Å². The summed E-state index contributed by atoms with van der Waals surface area (Å²) in [6.07, 6.45) is 2.13. The Morgan fingerprint density at radius 3 is 2.25 bits per heavy atom. The van der Waals surface area contributed by atoms with Gasteiger partial charge in [0, 0.05) is 29.6 Å². The van der Waals surface area contributed by atoms with Gasteiger partial charge in [-0.3, -0.25) is 9.59 Å². The highest BCUT2D eigenvalue weighted by molar-refractivity contribution is 6.16. The molecule has 1 fully saturated rings. The topological polar surface area (TPSA) is 174 Å². The summed E-state index contributed by atoms with van der Waals surface area (Å²) in [7, 11) is 0.